The number of nitrogens with one attached hydrogen (secondary N) is 2. The Morgan fingerprint density at radius 3 is 2.53 bits per heavy atom. The topological polar surface area (TPSA) is 80.6 Å². The highest BCUT2D eigenvalue weighted by Gasteiger charge is 2.18. The number of fused-ring (bicyclic) bond motifs is 3. The predicted molar refractivity (Wildman–Crippen MR) is 122 cm³/mol. The molecule has 2 amide bonds. The summed E-state index contributed by atoms with van der Waals surface area (Å²) in [6, 6.07) is 24.4. The van der Waals surface area contributed by atoms with Crippen LogP contribution in [0, 0.1) is 0 Å². The fourth-order valence-corrected chi connectivity index (χ4v) is 3.83. The maximum atomic E-state index is 12.4. The van der Waals surface area contributed by atoms with Crippen molar-refractivity contribution in [1.82, 2.24) is 0 Å². The van der Waals surface area contributed by atoms with Crippen LogP contribution in [0.3, 0.4) is 0 Å². The molecule has 0 fully saturated rings. The summed E-state index contributed by atoms with van der Waals surface area (Å²) in [6.07, 6.45) is 2.30. The van der Waals surface area contributed by atoms with E-state index in [1.165, 1.54) is 28.5 Å². The molecule has 0 saturated carbocycles. The van der Waals surface area contributed by atoms with Gasteiger partial charge in [0.05, 0.1) is 6.26 Å². The normalized spacial score (nSPS) is 11.4. The highest BCUT2D eigenvalue weighted by molar-refractivity contribution is 6.02. The predicted octanol–water partition coefficient (Wildman–Crippen LogP) is 5.12. The van der Waals surface area contributed by atoms with Crippen LogP contribution in [0.25, 0.3) is 11.1 Å². The van der Waals surface area contributed by atoms with Crippen LogP contribution < -0.4 is 15.4 Å². The first-order valence-electron chi connectivity index (χ1n) is 10.2. The average molecular weight is 424 g/mol. The van der Waals surface area contributed by atoms with Crippen molar-refractivity contribution in [2.75, 3.05) is 17.2 Å². The number of carbonyl (C=O) groups excluding carboxylic acids is 2. The van der Waals surface area contributed by atoms with Gasteiger partial charge < -0.3 is 19.8 Å². The van der Waals surface area contributed by atoms with Gasteiger partial charge in [0, 0.05) is 17.4 Å². The lowest BCUT2D eigenvalue weighted by Gasteiger charge is -2.10. The molecule has 2 N–H and O–H groups in total. The molecule has 4 aromatic rings. The van der Waals surface area contributed by atoms with Crippen LogP contribution in [0.2, 0.25) is 0 Å². The zero-order valence-electron chi connectivity index (χ0n) is 17.1. The molecule has 1 aliphatic rings. The van der Waals surface area contributed by atoms with Gasteiger partial charge >= 0.3 is 0 Å². The van der Waals surface area contributed by atoms with Gasteiger partial charge in [-0.05, 0) is 65.1 Å². The Bertz CT molecular complexity index is 1290. The number of hydrogen-bond donors (Lipinski definition) is 2. The molecule has 1 aromatic heterocycles. The Labute approximate surface area is 184 Å². The van der Waals surface area contributed by atoms with E-state index in [2.05, 4.69) is 22.8 Å². The van der Waals surface area contributed by atoms with Gasteiger partial charge in [-0.25, -0.2) is 0 Å². The molecule has 1 heterocycles. The molecule has 0 spiro atoms. The van der Waals surface area contributed by atoms with Crippen molar-refractivity contribution in [3.63, 3.8) is 0 Å². The molecule has 6 heteroatoms. The van der Waals surface area contributed by atoms with Gasteiger partial charge in [-0.15, -0.1) is 0 Å². The Hall–Kier alpha value is -4.32. The van der Waals surface area contributed by atoms with E-state index in [9.17, 15) is 9.59 Å². The van der Waals surface area contributed by atoms with Crippen molar-refractivity contribution in [1.29, 1.82) is 0 Å². The molecular weight excluding hydrogens is 404 g/mol. The van der Waals surface area contributed by atoms with Crippen LogP contribution in [0.1, 0.15) is 21.7 Å². The molecule has 0 radical (unpaired) electrons. The Morgan fingerprint density at radius 2 is 1.66 bits per heavy atom. The Morgan fingerprint density at radius 1 is 0.812 bits per heavy atom. The third-order valence-corrected chi connectivity index (χ3v) is 5.28. The van der Waals surface area contributed by atoms with E-state index in [0.29, 0.717) is 11.4 Å². The molecule has 3 aromatic carbocycles. The number of carbonyl (C=O) groups is 2. The fraction of sp³-hybridized carbons (Fsp3) is 0.0769. The number of anilines is 2. The molecule has 0 unspecified atom stereocenters. The highest BCUT2D eigenvalue weighted by atomic mass is 16.5. The van der Waals surface area contributed by atoms with Gasteiger partial charge in [0.25, 0.3) is 11.8 Å². The Kier molecular flexibility index (Phi) is 5.17. The van der Waals surface area contributed by atoms with Crippen molar-refractivity contribution in [3.05, 3.63) is 102 Å². The number of benzene rings is 3. The number of hydrogen-bond acceptors (Lipinski definition) is 4. The minimum atomic E-state index is -0.358. The summed E-state index contributed by atoms with van der Waals surface area (Å²) < 4.78 is 10.7. The average Bonchev–Trinajstić information content (AvgIpc) is 3.46. The molecule has 0 aliphatic heterocycles. The minimum absolute atomic E-state index is 0.146. The van der Waals surface area contributed by atoms with E-state index < -0.39 is 0 Å². The first-order valence-corrected chi connectivity index (χ1v) is 10.2. The van der Waals surface area contributed by atoms with Crippen molar-refractivity contribution < 1.29 is 18.7 Å². The zero-order chi connectivity index (χ0) is 21.9. The summed E-state index contributed by atoms with van der Waals surface area (Å²) in [6.45, 7) is -0.146. The Balaban J connectivity index is 1.18. The smallest absolute Gasteiger partial charge is 0.291 e. The third-order valence-electron chi connectivity index (χ3n) is 5.28. The first kappa shape index (κ1) is 19.6. The van der Waals surface area contributed by atoms with Gasteiger partial charge in [-0.3, -0.25) is 9.59 Å². The maximum Gasteiger partial charge on any atom is 0.291 e. The number of rotatable bonds is 6. The standard InChI is InChI=1S/C26H20N2O4/c29-25(27-20-10-11-23-18(14-20)13-17-5-1-2-8-22(17)23)16-32-21-7-3-6-19(15-21)28-26(30)24-9-4-12-31-24/h1-12,14-15H,13,16H2,(H,27,29)(H,28,30). The SMILES string of the molecule is O=C(COc1cccc(NC(=O)c2ccco2)c1)Nc1ccc2c(c1)Cc1ccccc1-2. The van der Waals surface area contributed by atoms with Crippen LogP contribution in [-0.2, 0) is 11.2 Å². The van der Waals surface area contributed by atoms with Crippen molar-refractivity contribution in [2.45, 2.75) is 6.42 Å². The molecular formula is C26H20N2O4. The first-order chi connectivity index (χ1) is 15.7. The molecule has 5 rings (SSSR count). The zero-order valence-corrected chi connectivity index (χ0v) is 17.1. The lowest BCUT2D eigenvalue weighted by atomic mass is 10.1. The summed E-state index contributed by atoms with van der Waals surface area (Å²) >= 11 is 0. The number of amides is 2. The van der Waals surface area contributed by atoms with E-state index in [4.69, 9.17) is 9.15 Å². The second-order valence-corrected chi connectivity index (χ2v) is 7.50. The van der Waals surface area contributed by atoms with E-state index in [1.807, 2.05) is 30.3 Å². The van der Waals surface area contributed by atoms with Crippen molar-refractivity contribution in [2.24, 2.45) is 0 Å². The molecule has 6 nitrogen and oxygen atoms in total. The number of furan rings is 1. The quantitative estimate of drug-likeness (QED) is 0.396. The van der Waals surface area contributed by atoms with Crippen molar-refractivity contribution in [3.8, 4) is 16.9 Å². The highest BCUT2D eigenvalue weighted by Crippen LogP contribution is 2.37. The summed E-state index contributed by atoms with van der Waals surface area (Å²) in [5.41, 5.74) is 6.25. The summed E-state index contributed by atoms with van der Waals surface area (Å²) in [7, 11) is 0. The van der Waals surface area contributed by atoms with E-state index in [0.717, 1.165) is 12.1 Å². The van der Waals surface area contributed by atoms with Crippen LogP contribution >= 0.6 is 0 Å². The monoisotopic (exact) mass is 424 g/mol. The van der Waals surface area contributed by atoms with Crippen LogP contribution in [0.4, 0.5) is 11.4 Å². The summed E-state index contributed by atoms with van der Waals surface area (Å²) in [4.78, 5) is 24.5. The molecule has 158 valence electrons. The van der Waals surface area contributed by atoms with Crippen molar-refractivity contribution >= 4 is 23.2 Å². The van der Waals surface area contributed by atoms with Crippen LogP contribution in [0.15, 0.2) is 89.5 Å². The molecule has 32 heavy (non-hydrogen) atoms. The second-order valence-electron chi connectivity index (χ2n) is 7.50. The molecule has 0 saturated heterocycles. The lowest BCUT2D eigenvalue weighted by molar-refractivity contribution is -0.118. The summed E-state index contributed by atoms with van der Waals surface area (Å²) in [5.74, 6) is 0.0732. The molecule has 0 atom stereocenters. The second kappa shape index (κ2) is 8.43. The number of ether oxygens (including phenoxy) is 1. The van der Waals surface area contributed by atoms with Gasteiger partial charge in [-0.2, -0.15) is 0 Å². The van der Waals surface area contributed by atoms with Gasteiger partial charge in [0.2, 0.25) is 0 Å². The van der Waals surface area contributed by atoms with E-state index in [1.54, 1.807) is 36.4 Å². The minimum Gasteiger partial charge on any atom is -0.484 e. The van der Waals surface area contributed by atoms with Crippen LogP contribution in [0.5, 0.6) is 5.75 Å². The lowest BCUT2D eigenvalue weighted by Crippen LogP contribution is -2.20. The molecule has 0 bridgehead atoms. The molecule has 1 aliphatic carbocycles. The summed E-state index contributed by atoms with van der Waals surface area (Å²) in [5, 5.41) is 5.62. The van der Waals surface area contributed by atoms with Gasteiger partial charge in [-0.1, -0.05) is 36.4 Å². The van der Waals surface area contributed by atoms with Crippen LogP contribution in [-0.4, -0.2) is 18.4 Å². The van der Waals surface area contributed by atoms with E-state index >= 15 is 0 Å². The van der Waals surface area contributed by atoms with Gasteiger partial charge in [0.1, 0.15) is 5.75 Å². The third kappa shape index (κ3) is 4.11. The van der Waals surface area contributed by atoms with E-state index in [-0.39, 0.29) is 24.2 Å². The fourth-order valence-electron chi connectivity index (χ4n) is 3.83. The maximum absolute atomic E-state index is 12.4. The largest absolute Gasteiger partial charge is 0.484 e. The van der Waals surface area contributed by atoms with Gasteiger partial charge in [0.15, 0.2) is 12.4 Å².